The number of nitrogens with zero attached hydrogens (tertiary/aromatic N) is 5. The number of aromatic nitrogens is 3. The number of piperidine rings is 1. The van der Waals surface area contributed by atoms with Crippen molar-refractivity contribution < 1.29 is 13.2 Å². The summed E-state index contributed by atoms with van der Waals surface area (Å²) in [5, 5.41) is 5.86. The minimum atomic E-state index is -3.60. The molecule has 0 aromatic carbocycles. The summed E-state index contributed by atoms with van der Waals surface area (Å²) in [6.07, 6.45) is 6.68. The molecule has 26 heavy (non-hydrogen) atoms. The number of hydrogen-bond acceptors (Lipinski definition) is 6. The highest BCUT2D eigenvalue weighted by molar-refractivity contribution is 7.89. The van der Waals surface area contributed by atoms with Gasteiger partial charge in [0.2, 0.25) is 10.0 Å². The Bertz CT molecular complexity index is 872. The second-order valence-electron chi connectivity index (χ2n) is 6.65. The van der Waals surface area contributed by atoms with Crippen LogP contribution in [0.4, 0.5) is 0 Å². The van der Waals surface area contributed by atoms with Gasteiger partial charge in [-0.1, -0.05) is 0 Å². The van der Waals surface area contributed by atoms with E-state index in [0.717, 1.165) is 25.7 Å². The highest BCUT2D eigenvalue weighted by Crippen LogP contribution is 2.30. The standard InChI is InChI=1S/C16H21N5O3S2/c22-16(19-6-3-4-13(10-19)21-12-17-11-18-21)15-14(5-9-25-15)26(23,24)20-7-1-2-8-20/h5,9,11-13H,1-4,6-8,10H2/t13-/m1/s1. The molecule has 4 heterocycles. The average Bonchev–Trinajstić information content (AvgIpc) is 3.43. The van der Waals surface area contributed by atoms with E-state index in [1.807, 2.05) is 0 Å². The summed E-state index contributed by atoms with van der Waals surface area (Å²) >= 11 is 1.20. The molecule has 0 saturated carbocycles. The second-order valence-corrected chi connectivity index (χ2v) is 9.47. The molecular formula is C16H21N5O3S2. The Balaban J connectivity index is 1.56. The second kappa shape index (κ2) is 7.09. The van der Waals surface area contributed by atoms with E-state index in [-0.39, 0.29) is 16.8 Å². The zero-order valence-electron chi connectivity index (χ0n) is 14.3. The number of carbonyl (C=O) groups is 1. The van der Waals surface area contributed by atoms with Crippen LogP contribution in [0.2, 0.25) is 0 Å². The summed E-state index contributed by atoms with van der Waals surface area (Å²) in [5.41, 5.74) is 0. The van der Waals surface area contributed by atoms with Gasteiger partial charge in [-0.3, -0.25) is 4.79 Å². The molecule has 0 unspecified atom stereocenters. The fourth-order valence-corrected chi connectivity index (χ4v) is 6.51. The van der Waals surface area contributed by atoms with Crippen molar-refractivity contribution in [1.29, 1.82) is 0 Å². The molecule has 140 valence electrons. The Kier molecular flexibility index (Phi) is 4.80. The van der Waals surface area contributed by atoms with Gasteiger partial charge < -0.3 is 4.90 Å². The van der Waals surface area contributed by atoms with Crippen LogP contribution in [0.5, 0.6) is 0 Å². The molecule has 8 nitrogen and oxygen atoms in total. The van der Waals surface area contributed by atoms with Gasteiger partial charge in [-0.2, -0.15) is 9.40 Å². The summed E-state index contributed by atoms with van der Waals surface area (Å²) in [5.74, 6) is -0.206. The topological polar surface area (TPSA) is 88.4 Å². The molecule has 0 aliphatic carbocycles. The molecule has 0 bridgehead atoms. The molecule has 2 aromatic rings. The fourth-order valence-electron chi connectivity index (χ4n) is 3.63. The summed E-state index contributed by atoms with van der Waals surface area (Å²) < 4.78 is 29.0. The molecule has 4 rings (SSSR count). The number of likely N-dealkylation sites (tertiary alicyclic amines) is 1. The first kappa shape index (κ1) is 17.6. The number of carbonyl (C=O) groups excluding carboxylic acids is 1. The predicted molar refractivity (Wildman–Crippen MR) is 96.5 cm³/mol. The van der Waals surface area contributed by atoms with Gasteiger partial charge in [0.05, 0.1) is 6.04 Å². The van der Waals surface area contributed by atoms with Gasteiger partial charge in [-0.15, -0.1) is 11.3 Å². The predicted octanol–water partition coefficient (Wildman–Crippen LogP) is 1.60. The van der Waals surface area contributed by atoms with Gasteiger partial charge >= 0.3 is 0 Å². The fraction of sp³-hybridized carbons (Fsp3) is 0.562. The maximum atomic E-state index is 13.1. The van der Waals surface area contributed by atoms with E-state index in [2.05, 4.69) is 10.1 Å². The summed E-state index contributed by atoms with van der Waals surface area (Å²) in [7, 11) is -3.60. The Morgan fingerprint density at radius 1 is 1.19 bits per heavy atom. The highest BCUT2D eigenvalue weighted by atomic mass is 32.2. The van der Waals surface area contributed by atoms with E-state index < -0.39 is 10.0 Å². The molecule has 0 spiro atoms. The molecular weight excluding hydrogens is 374 g/mol. The van der Waals surface area contributed by atoms with Gasteiger partial charge in [0.15, 0.2) is 0 Å². The lowest BCUT2D eigenvalue weighted by Crippen LogP contribution is -2.41. The molecule has 1 amide bonds. The van der Waals surface area contributed by atoms with Crippen LogP contribution in [0.1, 0.15) is 41.4 Å². The van der Waals surface area contributed by atoms with Crippen LogP contribution in [0.25, 0.3) is 0 Å². The third-order valence-electron chi connectivity index (χ3n) is 5.00. The molecule has 0 radical (unpaired) electrons. The lowest BCUT2D eigenvalue weighted by Gasteiger charge is -2.32. The molecule has 2 aromatic heterocycles. The van der Waals surface area contributed by atoms with E-state index in [1.165, 1.54) is 22.0 Å². The average molecular weight is 396 g/mol. The normalized spacial score (nSPS) is 22.0. The maximum absolute atomic E-state index is 13.1. The minimum Gasteiger partial charge on any atom is -0.336 e. The van der Waals surface area contributed by atoms with Crippen LogP contribution in [0.15, 0.2) is 29.0 Å². The lowest BCUT2D eigenvalue weighted by atomic mass is 10.1. The first-order valence-electron chi connectivity index (χ1n) is 8.78. The van der Waals surface area contributed by atoms with E-state index >= 15 is 0 Å². The molecule has 2 fully saturated rings. The maximum Gasteiger partial charge on any atom is 0.265 e. The Morgan fingerprint density at radius 2 is 2.00 bits per heavy atom. The Labute approximate surface area is 156 Å². The monoisotopic (exact) mass is 395 g/mol. The van der Waals surface area contributed by atoms with Crippen molar-refractivity contribution in [2.45, 2.75) is 36.6 Å². The summed E-state index contributed by atoms with van der Waals surface area (Å²) in [6, 6.07) is 1.64. The first-order valence-corrected chi connectivity index (χ1v) is 11.1. The van der Waals surface area contributed by atoms with Crippen molar-refractivity contribution in [1.82, 2.24) is 24.0 Å². The largest absolute Gasteiger partial charge is 0.336 e. The Morgan fingerprint density at radius 3 is 2.73 bits per heavy atom. The van der Waals surface area contributed by atoms with E-state index in [1.54, 1.807) is 27.4 Å². The van der Waals surface area contributed by atoms with Gasteiger partial charge in [-0.05, 0) is 37.1 Å². The van der Waals surface area contributed by atoms with Gasteiger partial charge in [0, 0.05) is 26.2 Å². The SMILES string of the molecule is O=C(c1sccc1S(=O)(=O)N1CCCC1)N1CCC[C@@H](n2cncn2)C1. The third-order valence-corrected chi connectivity index (χ3v) is 7.97. The quantitative estimate of drug-likeness (QED) is 0.785. The number of hydrogen-bond donors (Lipinski definition) is 0. The zero-order valence-corrected chi connectivity index (χ0v) is 16.0. The molecule has 0 N–H and O–H groups in total. The van der Waals surface area contributed by atoms with Crippen LogP contribution in [0, 0.1) is 0 Å². The van der Waals surface area contributed by atoms with Crippen LogP contribution in [-0.4, -0.2) is 64.5 Å². The van der Waals surface area contributed by atoms with Crippen molar-refractivity contribution in [3.63, 3.8) is 0 Å². The number of thiophene rings is 1. The minimum absolute atomic E-state index is 0.0776. The van der Waals surface area contributed by atoms with Crippen molar-refractivity contribution in [2.24, 2.45) is 0 Å². The van der Waals surface area contributed by atoms with Gasteiger partial charge in [0.1, 0.15) is 22.4 Å². The molecule has 2 saturated heterocycles. The van der Waals surface area contributed by atoms with Crippen LogP contribution in [0.3, 0.4) is 0 Å². The molecule has 2 aliphatic heterocycles. The zero-order chi connectivity index (χ0) is 18.1. The van der Waals surface area contributed by atoms with E-state index in [4.69, 9.17) is 0 Å². The van der Waals surface area contributed by atoms with E-state index in [9.17, 15) is 13.2 Å². The van der Waals surface area contributed by atoms with Crippen LogP contribution in [-0.2, 0) is 10.0 Å². The Hall–Kier alpha value is -1.78. The smallest absolute Gasteiger partial charge is 0.265 e. The van der Waals surface area contributed by atoms with Gasteiger partial charge in [-0.25, -0.2) is 18.1 Å². The molecule has 10 heteroatoms. The van der Waals surface area contributed by atoms with Crippen LogP contribution >= 0.6 is 11.3 Å². The van der Waals surface area contributed by atoms with Crippen molar-refractivity contribution in [3.8, 4) is 0 Å². The molecule has 2 aliphatic rings. The molecule has 1 atom stereocenters. The summed E-state index contributed by atoms with van der Waals surface area (Å²) in [4.78, 5) is 19.2. The van der Waals surface area contributed by atoms with Crippen LogP contribution < -0.4 is 0 Å². The van der Waals surface area contributed by atoms with Crippen molar-refractivity contribution >= 4 is 27.3 Å². The summed E-state index contributed by atoms with van der Waals surface area (Å²) in [6.45, 7) is 2.21. The number of sulfonamides is 1. The van der Waals surface area contributed by atoms with E-state index in [0.29, 0.717) is 31.1 Å². The van der Waals surface area contributed by atoms with Crippen molar-refractivity contribution in [2.75, 3.05) is 26.2 Å². The third kappa shape index (κ3) is 3.17. The first-order chi connectivity index (χ1) is 12.6. The highest BCUT2D eigenvalue weighted by Gasteiger charge is 2.34. The number of amides is 1. The van der Waals surface area contributed by atoms with Crippen molar-refractivity contribution in [3.05, 3.63) is 29.0 Å². The lowest BCUT2D eigenvalue weighted by molar-refractivity contribution is 0.0674. The number of rotatable bonds is 4. The van der Waals surface area contributed by atoms with Gasteiger partial charge in [0.25, 0.3) is 5.91 Å².